The van der Waals surface area contributed by atoms with Gasteiger partial charge in [0.1, 0.15) is 11.9 Å². The molecule has 2 aromatic carbocycles. The summed E-state index contributed by atoms with van der Waals surface area (Å²) in [5.74, 6) is -0.323. The van der Waals surface area contributed by atoms with Crippen LogP contribution in [0.25, 0.3) is 0 Å². The van der Waals surface area contributed by atoms with Crippen molar-refractivity contribution in [3.8, 4) is 5.75 Å². The van der Waals surface area contributed by atoms with Gasteiger partial charge in [0.05, 0.1) is 36.8 Å². The number of aryl methyl sites for hydroxylation is 1. The molecule has 1 aliphatic heterocycles. The van der Waals surface area contributed by atoms with E-state index in [1.807, 2.05) is 6.92 Å². The largest absolute Gasteiger partial charge is 0.488 e. The first kappa shape index (κ1) is 31.8. The average Bonchev–Trinajstić information content (AvgIpc) is 3.39. The summed E-state index contributed by atoms with van der Waals surface area (Å²) in [7, 11) is -4.79. The van der Waals surface area contributed by atoms with E-state index in [0.29, 0.717) is 16.3 Å². The smallest absolute Gasteiger partial charge is 0.261 e. The molecule has 0 fully saturated rings. The van der Waals surface area contributed by atoms with Crippen LogP contribution in [0.4, 0.5) is 5.69 Å². The van der Waals surface area contributed by atoms with E-state index in [9.17, 15) is 26.7 Å². The summed E-state index contributed by atoms with van der Waals surface area (Å²) in [5.41, 5.74) is 0.612. The summed E-state index contributed by atoms with van der Waals surface area (Å²) < 4.78 is 63.9. The monoisotopic (exact) mass is 639 g/mol. The van der Waals surface area contributed by atoms with Crippen molar-refractivity contribution < 1.29 is 31.5 Å². The fourth-order valence-electron chi connectivity index (χ4n) is 4.57. The normalized spacial score (nSPS) is 18.9. The van der Waals surface area contributed by atoms with E-state index >= 15 is 0 Å². The quantitative estimate of drug-likeness (QED) is 0.362. The highest BCUT2D eigenvalue weighted by Gasteiger charge is 2.34. The number of aromatic nitrogens is 2. The minimum absolute atomic E-state index is 0.0109. The zero-order valence-corrected chi connectivity index (χ0v) is 26.0. The second kappa shape index (κ2) is 12.6. The number of sulfonamides is 2. The van der Waals surface area contributed by atoms with Crippen LogP contribution in [0.15, 0.2) is 64.9 Å². The molecule has 1 aliphatic rings. The van der Waals surface area contributed by atoms with Gasteiger partial charge in [-0.2, -0.15) is 4.31 Å². The van der Waals surface area contributed by atoms with Gasteiger partial charge in [-0.3, -0.25) is 9.52 Å². The van der Waals surface area contributed by atoms with Gasteiger partial charge in [0, 0.05) is 49.0 Å². The number of carbonyl (C=O) groups excluding carboxylic acids is 1. The van der Waals surface area contributed by atoms with Crippen LogP contribution < -0.4 is 9.46 Å². The number of likely N-dealkylation sites (N-methyl/N-ethyl adjacent to an activating group) is 1. The molecule has 0 spiro atoms. The van der Waals surface area contributed by atoms with Crippen LogP contribution >= 0.6 is 11.6 Å². The minimum Gasteiger partial charge on any atom is -0.488 e. The highest BCUT2D eigenvalue weighted by atomic mass is 35.5. The number of amides is 1. The van der Waals surface area contributed by atoms with Gasteiger partial charge in [0.15, 0.2) is 5.03 Å². The Labute approximate surface area is 251 Å². The molecule has 1 amide bonds. The second-order valence-electron chi connectivity index (χ2n) is 10.4. The molecule has 2 N–H and O–H groups in total. The Morgan fingerprint density at radius 3 is 2.50 bits per heavy atom. The van der Waals surface area contributed by atoms with Crippen LogP contribution in [-0.4, -0.2) is 85.5 Å². The second-order valence-corrected chi connectivity index (χ2v) is 14.5. The van der Waals surface area contributed by atoms with Crippen LogP contribution in [0.1, 0.15) is 19.4 Å². The van der Waals surface area contributed by atoms with E-state index in [1.165, 1.54) is 65.4 Å². The van der Waals surface area contributed by atoms with Crippen LogP contribution in [-0.2, 0) is 38.3 Å². The molecule has 0 aliphatic carbocycles. The third kappa shape index (κ3) is 7.06. The Hall–Kier alpha value is -3.17. The molecule has 0 saturated carbocycles. The number of nitrogens with zero attached hydrogens (tertiary/aromatic N) is 4. The standard InChI is InChI=1S/C27H34ClN5O7S2/c1-18-13-33(19(2)16-34)27(35)12-20-11-22(30-41(36,37)23-8-5-21(28)6-9-23)7-10-24(20)40-25(18)14-32(4)42(38,39)26-15-31(3)17-29-26/h5-11,15,17-19,25,30,34H,12-14,16H2,1-4H3/t18-,19+,25-/m0/s1. The average molecular weight is 640 g/mol. The Morgan fingerprint density at radius 2 is 1.88 bits per heavy atom. The Balaban J connectivity index is 1.68. The zero-order chi connectivity index (χ0) is 30.8. The van der Waals surface area contributed by atoms with E-state index in [1.54, 1.807) is 20.0 Å². The number of carbonyl (C=O) groups is 1. The van der Waals surface area contributed by atoms with Gasteiger partial charge in [0.2, 0.25) is 5.91 Å². The molecule has 4 rings (SSSR count). The number of hydrogen-bond donors (Lipinski definition) is 2. The molecular weight excluding hydrogens is 606 g/mol. The summed E-state index contributed by atoms with van der Waals surface area (Å²) in [4.78, 5) is 19.0. The number of hydrogen-bond acceptors (Lipinski definition) is 8. The van der Waals surface area contributed by atoms with Crippen molar-refractivity contribution in [3.05, 3.63) is 65.6 Å². The number of nitrogens with one attached hydrogen (secondary N) is 1. The number of aliphatic hydroxyl groups excluding tert-OH is 1. The third-order valence-corrected chi connectivity index (χ3v) is 10.4. The van der Waals surface area contributed by atoms with Crippen LogP contribution in [0.5, 0.6) is 5.75 Å². The first-order chi connectivity index (χ1) is 19.7. The Kier molecular flexibility index (Phi) is 9.52. The number of aliphatic hydroxyl groups is 1. The van der Waals surface area contributed by atoms with Crippen LogP contribution in [0.2, 0.25) is 5.02 Å². The third-order valence-electron chi connectivity index (χ3n) is 7.09. The first-order valence-corrected chi connectivity index (χ1v) is 16.4. The molecular formula is C27H34ClN5O7S2. The van der Waals surface area contributed by atoms with Gasteiger partial charge in [-0.15, -0.1) is 0 Å². The summed E-state index contributed by atoms with van der Waals surface area (Å²) in [6.45, 7) is 3.43. The fourth-order valence-corrected chi connectivity index (χ4v) is 6.89. The molecule has 0 radical (unpaired) electrons. The zero-order valence-electron chi connectivity index (χ0n) is 23.6. The van der Waals surface area contributed by atoms with E-state index in [0.717, 1.165) is 4.31 Å². The van der Waals surface area contributed by atoms with Crippen molar-refractivity contribution in [2.75, 3.05) is 31.5 Å². The number of rotatable bonds is 9. The number of halogens is 1. The molecule has 3 aromatic rings. The van der Waals surface area contributed by atoms with Crippen molar-refractivity contribution in [2.24, 2.45) is 13.0 Å². The van der Waals surface area contributed by atoms with Crippen molar-refractivity contribution in [3.63, 3.8) is 0 Å². The fraction of sp³-hybridized carbons (Fsp3) is 0.407. The number of anilines is 1. The molecule has 0 unspecified atom stereocenters. The number of fused-ring (bicyclic) bond motifs is 1. The molecule has 0 bridgehead atoms. The number of imidazole rings is 1. The molecule has 12 nitrogen and oxygen atoms in total. The maximum absolute atomic E-state index is 13.4. The molecule has 15 heteroatoms. The number of ether oxygens (including phenoxy) is 1. The summed E-state index contributed by atoms with van der Waals surface area (Å²) in [6.07, 6.45) is 1.97. The van der Waals surface area contributed by atoms with Gasteiger partial charge >= 0.3 is 0 Å². The van der Waals surface area contributed by atoms with Crippen molar-refractivity contribution in [1.82, 2.24) is 18.8 Å². The van der Waals surface area contributed by atoms with Gasteiger partial charge < -0.3 is 19.3 Å². The van der Waals surface area contributed by atoms with Crippen molar-refractivity contribution in [2.45, 2.75) is 42.3 Å². The van der Waals surface area contributed by atoms with E-state index < -0.39 is 32.2 Å². The van der Waals surface area contributed by atoms with Crippen LogP contribution in [0.3, 0.4) is 0 Å². The van der Waals surface area contributed by atoms with Gasteiger partial charge in [0.25, 0.3) is 20.0 Å². The molecule has 42 heavy (non-hydrogen) atoms. The molecule has 1 aromatic heterocycles. The lowest BCUT2D eigenvalue weighted by Gasteiger charge is -2.33. The molecule has 3 atom stereocenters. The predicted molar refractivity (Wildman–Crippen MR) is 157 cm³/mol. The van der Waals surface area contributed by atoms with Crippen molar-refractivity contribution >= 4 is 43.2 Å². The first-order valence-electron chi connectivity index (χ1n) is 13.1. The van der Waals surface area contributed by atoms with Crippen molar-refractivity contribution in [1.29, 1.82) is 0 Å². The maximum Gasteiger partial charge on any atom is 0.261 e. The lowest BCUT2D eigenvalue weighted by molar-refractivity contribution is -0.134. The lowest BCUT2D eigenvalue weighted by Crippen LogP contribution is -2.48. The maximum atomic E-state index is 13.4. The highest BCUT2D eigenvalue weighted by molar-refractivity contribution is 7.92. The SMILES string of the molecule is C[C@H](CO)N1C[C@H](C)[C@H](CN(C)S(=O)(=O)c2cn(C)cn2)Oc2ccc(NS(=O)(=O)c3ccc(Cl)cc3)cc2CC1=O. The van der Waals surface area contributed by atoms with Gasteiger partial charge in [-0.05, 0) is 49.4 Å². The predicted octanol–water partition coefficient (Wildman–Crippen LogP) is 2.34. The molecule has 0 saturated heterocycles. The van der Waals surface area contributed by atoms with Gasteiger partial charge in [-0.25, -0.2) is 21.8 Å². The lowest BCUT2D eigenvalue weighted by atomic mass is 10.0. The minimum atomic E-state index is -3.96. The van der Waals surface area contributed by atoms with E-state index in [2.05, 4.69) is 9.71 Å². The topological polar surface area (TPSA) is 151 Å². The Bertz CT molecular complexity index is 1650. The Morgan fingerprint density at radius 1 is 1.19 bits per heavy atom. The number of benzene rings is 2. The van der Waals surface area contributed by atoms with Crippen LogP contribution in [0, 0.1) is 5.92 Å². The summed E-state index contributed by atoms with van der Waals surface area (Å²) >= 11 is 5.89. The van der Waals surface area contributed by atoms with Gasteiger partial charge in [-0.1, -0.05) is 18.5 Å². The summed E-state index contributed by atoms with van der Waals surface area (Å²) in [6, 6.07) is 9.77. The highest BCUT2D eigenvalue weighted by Crippen LogP contribution is 2.30. The van der Waals surface area contributed by atoms with E-state index in [-0.39, 0.29) is 53.6 Å². The molecule has 228 valence electrons. The summed E-state index contributed by atoms with van der Waals surface area (Å²) in [5, 5.41) is 10.1. The molecule has 2 heterocycles. The van der Waals surface area contributed by atoms with E-state index in [4.69, 9.17) is 16.3 Å².